The molecule has 0 saturated heterocycles. The minimum absolute atomic E-state index is 1.09. The van der Waals surface area contributed by atoms with Crippen molar-refractivity contribution in [3.8, 4) is 0 Å². The van der Waals surface area contributed by atoms with Gasteiger partial charge in [0.2, 0.25) is 0 Å². The number of rotatable bonds is 9. The van der Waals surface area contributed by atoms with Crippen molar-refractivity contribution >= 4 is 42.6 Å². The van der Waals surface area contributed by atoms with E-state index in [-0.39, 0.29) is 0 Å². The summed E-state index contributed by atoms with van der Waals surface area (Å²) in [7, 11) is 6.29. The normalized spacial score (nSPS) is 9.92. The first-order chi connectivity index (χ1) is 6.35. The summed E-state index contributed by atoms with van der Waals surface area (Å²) in [4.78, 5) is 0. The predicted molar refractivity (Wildman–Crippen MR) is 73.7 cm³/mol. The van der Waals surface area contributed by atoms with Gasteiger partial charge in [-0.3, -0.25) is 0 Å². The summed E-state index contributed by atoms with van der Waals surface area (Å²) in [6, 6.07) is 0. The van der Waals surface area contributed by atoms with E-state index in [0.29, 0.717) is 0 Å². The van der Waals surface area contributed by atoms with Crippen LogP contribution in [-0.4, -0.2) is 33.3 Å². The third-order valence-corrected chi connectivity index (χ3v) is 24.7. The Bertz CT molecular complexity index is 130. The predicted octanol–water partition coefficient (Wildman–Crippen LogP) is 3.73. The minimum atomic E-state index is -1.18. The fourth-order valence-corrected chi connectivity index (χ4v) is 21.0. The van der Waals surface area contributed by atoms with Crippen molar-refractivity contribution in [1.82, 2.24) is 0 Å². The van der Waals surface area contributed by atoms with Crippen molar-refractivity contribution in [3.05, 3.63) is 38.0 Å². The van der Waals surface area contributed by atoms with Gasteiger partial charge in [0.15, 0.2) is 0 Å². The second kappa shape index (κ2) is 11.2. The molecule has 0 aromatic rings. The third kappa shape index (κ3) is 9.39. The van der Waals surface area contributed by atoms with Crippen molar-refractivity contribution in [2.75, 3.05) is 17.3 Å². The Kier molecular flexibility index (Phi) is 12.1. The van der Waals surface area contributed by atoms with E-state index >= 15 is 0 Å². The second-order valence-electron chi connectivity index (χ2n) is 1.98. The monoisotopic (exact) mass is 340 g/mol. The van der Waals surface area contributed by atoms with Crippen molar-refractivity contribution in [1.29, 1.82) is 0 Å². The Morgan fingerprint density at radius 3 is 1.31 bits per heavy atom. The molecule has 0 aliphatic rings. The maximum atomic E-state index is 3.74. The van der Waals surface area contributed by atoms with E-state index in [1.54, 1.807) is 0 Å². The summed E-state index contributed by atoms with van der Waals surface area (Å²) in [5.74, 6) is 3.28. The van der Waals surface area contributed by atoms with E-state index in [9.17, 15) is 0 Å². The Morgan fingerprint density at radius 1 is 0.769 bits per heavy atom. The molecular formula is C9H15S3Sb. The molecule has 0 unspecified atom stereocenters. The molecule has 0 fully saturated rings. The molecule has 0 spiro atoms. The molecule has 0 N–H and O–H groups in total. The van der Waals surface area contributed by atoms with E-state index in [1.807, 2.05) is 18.2 Å². The average molecular weight is 341 g/mol. The molecule has 0 aliphatic carbocycles. The summed E-state index contributed by atoms with van der Waals surface area (Å²) in [5.41, 5.74) is 0. The number of hydrogen-bond acceptors (Lipinski definition) is 3. The Labute approximate surface area is 96.9 Å². The van der Waals surface area contributed by atoms with Gasteiger partial charge in [-0.05, 0) is 0 Å². The van der Waals surface area contributed by atoms with E-state index in [1.165, 1.54) is 0 Å². The molecule has 0 atom stereocenters. The van der Waals surface area contributed by atoms with Gasteiger partial charge in [0.1, 0.15) is 0 Å². The van der Waals surface area contributed by atoms with Crippen molar-refractivity contribution in [3.63, 3.8) is 0 Å². The molecule has 0 aliphatic heterocycles. The molecule has 13 heavy (non-hydrogen) atoms. The summed E-state index contributed by atoms with van der Waals surface area (Å²) < 4.78 is 0. The zero-order valence-electron chi connectivity index (χ0n) is 7.65. The second-order valence-corrected chi connectivity index (χ2v) is 23.7. The fraction of sp³-hybridized carbons (Fsp3) is 0.333. The first kappa shape index (κ1) is 14.1. The van der Waals surface area contributed by atoms with Gasteiger partial charge >= 0.3 is 97.8 Å². The van der Waals surface area contributed by atoms with Crippen LogP contribution in [0.5, 0.6) is 0 Å². The van der Waals surface area contributed by atoms with Gasteiger partial charge in [-0.2, -0.15) is 0 Å². The van der Waals surface area contributed by atoms with Gasteiger partial charge in [-0.1, -0.05) is 0 Å². The summed E-state index contributed by atoms with van der Waals surface area (Å²) in [6.07, 6.45) is 5.97. The first-order valence-corrected chi connectivity index (χ1v) is 16.1. The average Bonchev–Trinajstić information content (AvgIpc) is 2.17. The van der Waals surface area contributed by atoms with Crippen molar-refractivity contribution in [2.24, 2.45) is 0 Å². The van der Waals surface area contributed by atoms with E-state index < -0.39 is 16.0 Å². The van der Waals surface area contributed by atoms with Crippen LogP contribution in [0.4, 0.5) is 0 Å². The fourth-order valence-electron chi connectivity index (χ4n) is 0.452. The molecule has 0 rings (SSSR count). The van der Waals surface area contributed by atoms with E-state index in [2.05, 4.69) is 46.3 Å². The van der Waals surface area contributed by atoms with Crippen LogP contribution in [0.1, 0.15) is 0 Å². The van der Waals surface area contributed by atoms with Crippen LogP contribution in [-0.2, 0) is 0 Å². The molecule has 0 saturated carbocycles. The van der Waals surface area contributed by atoms with Crippen LogP contribution in [0.2, 0.25) is 0 Å². The Balaban J connectivity index is 3.64. The van der Waals surface area contributed by atoms with Crippen molar-refractivity contribution < 1.29 is 0 Å². The van der Waals surface area contributed by atoms with Gasteiger partial charge in [-0.15, -0.1) is 0 Å². The molecule has 4 heteroatoms. The van der Waals surface area contributed by atoms with Crippen LogP contribution in [0.3, 0.4) is 0 Å². The van der Waals surface area contributed by atoms with Crippen LogP contribution < -0.4 is 0 Å². The zero-order valence-corrected chi connectivity index (χ0v) is 12.6. The van der Waals surface area contributed by atoms with Gasteiger partial charge in [0, 0.05) is 0 Å². The molecule has 0 radical (unpaired) electrons. The first-order valence-electron chi connectivity index (χ1n) is 3.86. The Hall–Kier alpha value is 1.09. The number of hydrogen-bond donors (Lipinski definition) is 0. The molecule has 0 aromatic heterocycles. The molecule has 0 aromatic carbocycles. The topological polar surface area (TPSA) is 0 Å². The van der Waals surface area contributed by atoms with Gasteiger partial charge in [0.25, 0.3) is 0 Å². The molecule has 0 bridgehead atoms. The molecule has 0 amide bonds. The summed E-state index contributed by atoms with van der Waals surface area (Å²) in [5, 5.41) is 0. The van der Waals surface area contributed by atoms with Crippen LogP contribution in [0.25, 0.3) is 0 Å². The van der Waals surface area contributed by atoms with Gasteiger partial charge < -0.3 is 0 Å². The summed E-state index contributed by atoms with van der Waals surface area (Å²) in [6.45, 7) is 11.2. The molecule has 0 heterocycles. The van der Waals surface area contributed by atoms with Gasteiger partial charge in [-0.25, -0.2) is 0 Å². The van der Waals surface area contributed by atoms with Crippen LogP contribution in [0.15, 0.2) is 38.0 Å². The van der Waals surface area contributed by atoms with E-state index in [4.69, 9.17) is 0 Å². The molecule has 0 nitrogen and oxygen atoms in total. The standard InChI is InChI=1S/3C3H6S.Sb/c3*1-2-3-4;/h3*2,4H,1,3H2;/q;;;+3/p-3. The van der Waals surface area contributed by atoms with Crippen molar-refractivity contribution in [2.45, 2.75) is 0 Å². The SMILES string of the molecule is C=CC[S][Sb]([S]CC=C)[S]CC=C. The Morgan fingerprint density at radius 2 is 1.08 bits per heavy atom. The molecule has 74 valence electrons. The van der Waals surface area contributed by atoms with Crippen LogP contribution in [0, 0.1) is 0 Å². The third-order valence-electron chi connectivity index (χ3n) is 0.893. The maximum absolute atomic E-state index is 3.74. The van der Waals surface area contributed by atoms with E-state index in [0.717, 1.165) is 17.3 Å². The quantitative estimate of drug-likeness (QED) is 0.463. The van der Waals surface area contributed by atoms with Crippen LogP contribution >= 0.6 is 26.5 Å². The zero-order chi connectivity index (χ0) is 9.94. The summed E-state index contributed by atoms with van der Waals surface area (Å²) >= 11 is -1.18. The van der Waals surface area contributed by atoms with Gasteiger partial charge in [0.05, 0.1) is 0 Å². The molecular weight excluding hydrogens is 326 g/mol.